The van der Waals surface area contributed by atoms with Gasteiger partial charge in [0, 0.05) is 10.8 Å². The average Bonchev–Trinajstić information content (AvgIpc) is 3.55. The number of para-hydroxylation sites is 1. The number of hydrogen-bond donors (Lipinski definition) is 0. The van der Waals surface area contributed by atoms with Crippen LogP contribution in [0.5, 0.6) is 0 Å². The molecule has 0 radical (unpaired) electrons. The summed E-state index contributed by atoms with van der Waals surface area (Å²) in [7, 11) is 0. The Morgan fingerprint density at radius 2 is 1.06 bits per heavy atom. The van der Waals surface area contributed by atoms with E-state index in [9.17, 15) is 0 Å². The zero-order valence-electron chi connectivity index (χ0n) is 27.8. The lowest BCUT2D eigenvalue weighted by Gasteiger charge is -2.17. The van der Waals surface area contributed by atoms with Crippen molar-refractivity contribution in [2.75, 3.05) is 0 Å². The van der Waals surface area contributed by atoms with Crippen molar-refractivity contribution in [2.45, 2.75) is 6.92 Å². The summed E-state index contributed by atoms with van der Waals surface area (Å²) in [5, 5.41) is 7.28. The van der Waals surface area contributed by atoms with Crippen molar-refractivity contribution in [2.24, 2.45) is 0 Å². The van der Waals surface area contributed by atoms with Crippen molar-refractivity contribution >= 4 is 49.6 Å². The SMILES string of the molecule is C/C=C\C=C/c1cc(-c2ccc(-c3ccc4oc5ccccc5c4c3)cc2)c2ccccc2c1-c1cccc(-c2cccc3ccccc23)c1. The summed E-state index contributed by atoms with van der Waals surface area (Å²) in [4.78, 5) is 0. The fourth-order valence-corrected chi connectivity index (χ4v) is 7.43. The maximum Gasteiger partial charge on any atom is 0.135 e. The molecule has 0 aliphatic rings. The minimum absolute atomic E-state index is 0.916. The Morgan fingerprint density at radius 3 is 1.92 bits per heavy atom. The van der Waals surface area contributed by atoms with E-state index < -0.39 is 0 Å². The Hall–Kier alpha value is -6.44. The zero-order valence-corrected chi connectivity index (χ0v) is 27.8. The Morgan fingerprint density at radius 1 is 0.400 bits per heavy atom. The van der Waals surface area contributed by atoms with Gasteiger partial charge >= 0.3 is 0 Å². The van der Waals surface area contributed by atoms with Crippen molar-refractivity contribution < 1.29 is 4.42 Å². The summed E-state index contributed by atoms with van der Waals surface area (Å²) in [5.74, 6) is 0. The van der Waals surface area contributed by atoms with Crippen LogP contribution in [0.1, 0.15) is 12.5 Å². The molecule has 236 valence electrons. The molecule has 1 aromatic heterocycles. The van der Waals surface area contributed by atoms with E-state index in [1.54, 1.807) is 0 Å². The molecule has 9 rings (SSSR count). The van der Waals surface area contributed by atoms with Crippen molar-refractivity contribution in [1.82, 2.24) is 0 Å². The second-order valence-electron chi connectivity index (χ2n) is 12.8. The molecule has 0 unspecified atom stereocenters. The van der Waals surface area contributed by atoms with Crippen LogP contribution in [0.4, 0.5) is 0 Å². The highest BCUT2D eigenvalue weighted by atomic mass is 16.3. The summed E-state index contributed by atoms with van der Waals surface area (Å²) < 4.78 is 6.09. The normalized spacial score (nSPS) is 11.9. The van der Waals surface area contributed by atoms with Crippen molar-refractivity contribution in [3.63, 3.8) is 0 Å². The van der Waals surface area contributed by atoms with E-state index in [4.69, 9.17) is 4.42 Å². The zero-order chi connectivity index (χ0) is 33.4. The van der Waals surface area contributed by atoms with E-state index >= 15 is 0 Å². The Labute approximate surface area is 292 Å². The smallest absolute Gasteiger partial charge is 0.135 e. The van der Waals surface area contributed by atoms with Gasteiger partial charge in [-0.05, 0) is 109 Å². The van der Waals surface area contributed by atoms with Gasteiger partial charge in [-0.3, -0.25) is 0 Å². The minimum Gasteiger partial charge on any atom is -0.456 e. The van der Waals surface area contributed by atoms with E-state index in [2.05, 4.69) is 183 Å². The average molecular weight is 639 g/mol. The lowest BCUT2D eigenvalue weighted by Crippen LogP contribution is -1.92. The molecule has 0 saturated carbocycles. The number of benzene rings is 8. The van der Waals surface area contributed by atoms with E-state index in [-0.39, 0.29) is 0 Å². The van der Waals surface area contributed by atoms with Crippen LogP contribution >= 0.6 is 0 Å². The highest BCUT2D eigenvalue weighted by Crippen LogP contribution is 2.42. The second kappa shape index (κ2) is 12.5. The third-order valence-electron chi connectivity index (χ3n) is 9.81. The highest BCUT2D eigenvalue weighted by molar-refractivity contribution is 6.09. The van der Waals surface area contributed by atoms with Crippen LogP contribution in [0.25, 0.3) is 94.1 Å². The first kappa shape index (κ1) is 29.7. The van der Waals surface area contributed by atoms with E-state index in [0.717, 1.165) is 21.9 Å². The largest absolute Gasteiger partial charge is 0.456 e. The predicted octanol–water partition coefficient (Wildman–Crippen LogP) is 14.1. The van der Waals surface area contributed by atoms with Crippen molar-refractivity contribution in [3.8, 4) is 44.5 Å². The first-order valence-corrected chi connectivity index (χ1v) is 17.2. The Kier molecular flexibility index (Phi) is 7.44. The fraction of sp³-hybridized carbons (Fsp3) is 0.0204. The molecule has 1 heteroatoms. The van der Waals surface area contributed by atoms with Gasteiger partial charge in [0.2, 0.25) is 0 Å². The third-order valence-corrected chi connectivity index (χ3v) is 9.81. The topological polar surface area (TPSA) is 13.1 Å². The summed E-state index contributed by atoms with van der Waals surface area (Å²) in [6, 6.07) is 59.2. The summed E-state index contributed by atoms with van der Waals surface area (Å²) >= 11 is 0. The van der Waals surface area contributed by atoms with E-state index in [0.29, 0.717) is 0 Å². The van der Waals surface area contributed by atoms with Gasteiger partial charge in [0.05, 0.1) is 0 Å². The van der Waals surface area contributed by atoms with Crippen LogP contribution in [0.15, 0.2) is 186 Å². The van der Waals surface area contributed by atoms with Gasteiger partial charge in [0.1, 0.15) is 11.2 Å². The van der Waals surface area contributed by atoms with E-state index in [1.807, 2.05) is 12.1 Å². The molecule has 0 bridgehead atoms. The number of fused-ring (bicyclic) bond motifs is 5. The minimum atomic E-state index is 0.916. The number of rotatable bonds is 6. The Balaban J connectivity index is 1.17. The lowest BCUT2D eigenvalue weighted by molar-refractivity contribution is 0.669. The van der Waals surface area contributed by atoms with Crippen molar-refractivity contribution in [3.05, 3.63) is 188 Å². The molecule has 0 aliphatic carbocycles. The van der Waals surface area contributed by atoms with Crippen molar-refractivity contribution in [1.29, 1.82) is 0 Å². The van der Waals surface area contributed by atoms with Gasteiger partial charge in [0.15, 0.2) is 0 Å². The summed E-state index contributed by atoms with van der Waals surface area (Å²) in [6.07, 6.45) is 8.56. The monoisotopic (exact) mass is 638 g/mol. The molecule has 0 spiro atoms. The summed E-state index contributed by atoms with van der Waals surface area (Å²) in [6.45, 7) is 2.05. The fourth-order valence-electron chi connectivity index (χ4n) is 7.43. The van der Waals surface area contributed by atoms with Gasteiger partial charge in [-0.1, -0.05) is 158 Å². The standard InChI is InChI=1S/C49H34O/c1-2-3-4-14-39-32-45(35-26-24-33(25-27-35)36-28-29-48-46(31-36)43-20-9-10-23-47(43)50-48)42-19-7-8-21-44(42)49(39)38-17-11-16-37(30-38)41-22-12-15-34-13-5-6-18-40(34)41/h2-32H,1H3/b3-2-,14-4-. The summed E-state index contributed by atoms with van der Waals surface area (Å²) in [5.41, 5.74) is 12.7. The van der Waals surface area contributed by atoms with Crippen LogP contribution in [0, 0.1) is 0 Å². The highest BCUT2D eigenvalue weighted by Gasteiger charge is 2.16. The van der Waals surface area contributed by atoms with Crippen LogP contribution in [-0.4, -0.2) is 0 Å². The molecule has 0 amide bonds. The van der Waals surface area contributed by atoms with Gasteiger partial charge in [0.25, 0.3) is 0 Å². The van der Waals surface area contributed by atoms with Gasteiger partial charge < -0.3 is 4.42 Å². The van der Waals surface area contributed by atoms with Gasteiger partial charge in [-0.25, -0.2) is 0 Å². The third kappa shape index (κ3) is 5.21. The quantitative estimate of drug-likeness (QED) is 0.165. The number of furan rings is 1. The second-order valence-corrected chi connectivity index (χ2v) is 12.8. The van der Waals surface area contributed by atoms with E-state index in [1.165, 1.54) is 71.6 Å². The molecule has 0 N–H and O–H groups in total. The van der Waals surface area contributed by atoms with Crippen LogP contribution in [-0.2, 0) is 0 Å². The molecule has 0 atom stereocenters. The number of allylic oxidation sites excluding steroid dienone is 3. The maximum absolute atomic E-state index is 6.09. The molecular formula is C49H34O. The Bertz CT molecular complexity index is 2750. The first-order valence-electron chi connectivity index (χ1n) is 17.2. The molecule has 0 saturated heterocycles. The molecule has 50 heavy (non-hydrogen) atoms. The molecule has 0 fully saturated rings. The number of hydrogen-bond acceptors (Lipinski definition) is 1. The predicted molar refractivity (Wildman–Crippen MR) is 214 cm³/mol. The molecule has 0 aliphatic heterocycles. The van der Waals surface area contributed by atoms with Gasteiger partial charge in [-0.15, -0.1) is 0 Å². The molecule has 1 nitrogen and oxygen atoms in total. The molecule has 9 aromatic rings. The van der Waals surface area contributed by atoms with Crippen LogP contribution in [0.2, 0.25) is 0 Å². The van der Waals surface area contributed by atoms with Crippen LogP contribution in [0.3, 0.4) is 0 Å². The molecule has 8 aromatic carbocycles. The first-order chi connectivity index (χ1) is 24.7. The molecule has 1 heterocycles. The van der Waals surface area contributed by atoms with Gasteiger partial charge in [-0.2, -0.15) is 0 Å². The maximum atomic E-state index is 6.09. The molecular weight excluding hydrogens is 605 g/mol. The van der Waals surface area contributed by atoms with Crippen LogP contribution < -0.4 is 0 Å². The lowest BCUT2D eigenvalue weighted by atomic mass is 9.86.